The normalized spacial score (nSPS) is 12.0. The average Bonchev–Trinajstić information content (AvgIpc) is 2.49. The van der Waals surface area contributed by atoms with Gasteiger partial charge in [0.05, 0.1) is 18.2 Å². The van der Waals surface area contributed by atoms with Crippen molar-refractivity contribution in [3.05, 3.63) is 46.2 Å². The highest BCUT2D eigenvalue weighted by molar-refractivity contribution is 6.07. The first kappa shape index (κ1) is 14.8. The minimum atomic E-state index is -0.787. The van der Waals surface area contributed by atoms with Gasteiger partial charge in [0.1, 0.15) is 6.04 Å². The van der Waals surface area contributed by atoms with Crippen LogP contribution in [0.25, 0.3) is 10.9 Å². The van der Waals surface area contributed by atoms with E-state index in [1.165, 1.54) is 24.7 Å². The zero-order chi connectivity index (χ0) is 15.6. The number of hydrogen-bond acceptors (Lipinski definition) is 4. The number of nitrogens with zero attached hydrogens (tertiary/aromatic N) is 1. The molecule has 2 rings (SSSR count). The summed E-state index contributed by atoms with van der Waals surface area (Å²) in [6.07, 6.45) is 0. The van der Waals surface area contributed by atoms with Gasteiger partial charge in [-0.15, -0.1) is 0 Å². The predicted octanol–water partition coefficient (Wildman–Crippen LogP) is 0.830. The van der Waals surface area contributed by atoms with Crippen molar-refractivity contribution in [2.45, 2.75) is 13.0 Å². The third kappa shape index (κ3) is 2.79. The number of rotatable bonds is 3. The third-order valence-electron chi connectivity index (χ3n) is 3.30. The molecule has 1 heterocycles. The average molecular weight is 288 g/mol. The topological polar surface area (TPSA) is 77.4 Å². The molecular weight excluding hydrogens is 272 g/mol. The Morgan fingerprint density at radius 3 is 2.62 bits per heavy atom. The SMILES string of the molecule is COC(=O)[C@@H](C)NC(=O)c1cc(=O)n(C)c2ccccc12. The highest BCUT2D eigenvalue weighted by Gasteiger charge is 2.19. The van der Waals surface area contributed by atoms with E-state index in [2.05, 4.69) is 10.1 Å². The molecule has 110 valence electrons. The van der Waals surface area contributed by atoms with Crippen molar-refractivity contribution in [3.8, 4) is 0 Å². The van der Waals surface area contributed by atoms with E-state index in [9.17, 15) is 14.4 Å². The number of esters is 1. The molecule has 0 bridgehead atoms. The Hall–Kier alpha value is -2.63. The van der Waals surface area contributed by atoms with E-state index in [1.54, 1.807) is 31.3 Å². The van der Waals surface area contributed by atoms with Crippen LogP contribution in [0.1, 0.15) is 17.3 Å². The van der Waals surface area contributed by atoms with Crippen LogP contribution in [0.3, 0.4) is 0 Å². The summed E-state index contributed by atoms with van der Waals surface area (Å²) in [5, 5.41) is 3.17. The van der Waals surface area contributed by atoms with Gasteiger partial charge in [0.25, 0.3) is 11.5 Å². The zero-order valence-electron chi connectivity index (χ0n) is 12.0. The van der Waals surface area contributed by atoms with Gasteiger partial charge >= 0.3 is 5.97 Å². The molecule has 1 aromatic carbocycles. The second-order valence-electron chi connectivity index (χ2n) is 4.69. The smallest absolute Gasteiger partial charge is 0.328 e. The molecule has 0 spiro atoms. The number of para-hydroxylation sites is 1. The lowest BCUT2D eigenvalue weighted by molar-refractivity contribution is -0.142. The fourth-order valence-corrected chi connectivity index (χ4v) is 2.11. The lowest BCUT2D eigenvalue weighted by Crippen LogP contribution is -2.39. The number of methoxy groups -OCH3 is 1. The molecule has 0 aliphatic rings. The minimum Gasteiger partial charge on any atom is -0.467 e. The maximum Gasteiger partial charge on any atom is 0.328 e. The van der Waals surface area contributed by atoms with Crippen LogP contribution in [0.5, 0.6) is 0 Å². The van der Waals surface area contributed by atoms with Crippen LogP contribution < -0.4 is 10.9 Å². The predicted molar refractivity (Wildman–Crippen MR) is 78.1 cm³/mol. The van der Waals surface area contributed by atoms with Crippen LogP contribution in [0, 0.1) is 0 Å². The van der Waals surface area contributed by atoms with Crippen LogP contribution in [-0.2, 0) is 16.6 Å². The molecule has 2 aromatic rings. The summed E-state index contributed by atoms with van der Waals surface area (Å²) in [4.78, 5) is 35.6. The van der Waals surface area contributed by atoms with Crippen molar-refractivity contribution in [2.75, 3.05) is 7.11 Å². The Bertz CT molecular complexity index is 764. The van der Waals surface area contributed by atoms with Crippen LogP contribution in [-0.4, -0.2) is 29.6 Å². The Labute approximate surface area is 121 Å². The van der Waals surface area contributed by atoms with E-state index >= 15 is 0 Å². The second kappa shape index (κ2) is 5.78. The zero-order valence-corrected chi connectivity index (χ0v) is 12.0. The standard InChI is InChI=1S/C15H16N2O4/c1-9(15(20)21-3)16-14(19)11-8-13(18)17(2)12-7-5-4-6-10(11)12/h4-9H,1-3H3,(H,16,19)/t9-/m1/s1. The fraction of sp³-hybridized carbons (Fsp3) is 0.267. The lowest BCUT2D eigenvalue weighted by Gasteiger charge is -2.13. The summed E-state index contributed by atoms with van der Waals surface area (Å²) in [7, 11) is 2.89. The van der Waals surface area contributed by atoms with Crippen LogP contribution in [0.4, 0.5) is 0 Å². The van der Waals surface area contributed by atoms with E-state index in [1.807, 2.05) is 0 Å². The van der Waals surface area contributed by atoms with Gasteiger partial charge in [-0.25, -0.2) is 4.79 Å². The molecule has 1 atom stereocenters. The number of aryl methyl sites for hydroxylation is 1. The number of pyridine rings is 1. The van der Waals surface area contributed by atoms with Gasteiger partial charge in [-0.05, 0) is 13.0 Å². The van der Waals surface area contributed by atoms with E-state index in [0.717, 1.165) is 0 Å². The van der Waals surface area contributed by atoms with Crippen molar-refractivity contribution in [2.24, 2.45) is 7.05 Å². The summed E-state index contributed by atoms with van der Waals surface area (Å²) in [6.45, 7) is 1.52. The summed E-state index contributed by atoms with van der Waals surface area (Å²) in [5.41, 5.74) is 0.606. The number of benzene rings is 1. The van der Waals surface area contributed by atoms with Crippen molar-refractivity contribution >= 4 is 22.8 Å². The Kier molecular flexibility index (Phi) is 4.07. The van der Waals surface area contributed by atoms with Crippen molar-refractivity contribution in [1.82, 2.24) is 9.88 Å². The summed E-state index contributed by atoms with van der Waals surface area (Å²) in [5.74, 6) is -1.03. The molecule has 1 amide bonds. The first-order chi connectivity index (χ1) is 9.95. The van der Waals surface area contributed by atoms with Crippen LogP contribution in [0.15, 0.2) is 35.1 Å². The maximum absolute atomic E-state index is 12.3. The fourth-order valence-electron chi connectivity index (χ4n) is 2.11. The molecule has 0 radical (unpaired) electrons. The molecule has 1 aromatic heterocycles. The summed E-state index contributed by atoms with van der Waals surface area (Å²) < 4.78 is 6.03. The summed E-state index contributed by atoms with van der Waals surface area (Å²) >= 11 is 0. The number of nitrogens with one attached hydrogen (secondary N) is 1. The minimum absolute atomic E-state index is 0.240. The molecule has 0 aliphatic heterocycles. The van der Waals surface area contributed by atoms with E-state index in [-0.39, 0.29) is 11.1 Å². The molecule has 0 saturated carbocycles. The van der Waals surface area contributed by atoms with E-state index in [4.69, 9.17) is 0 Å². The number of aromatic nitrogens is 1. The van der Waals surface area contributed by atoms with Gasteiger partial charge in [-0.1, -0.05) is 18.2 Å². The number of hydrogen-bond donors (Lipinski definition) is 1. The Balaban J connectivity index is 2.47. The maximum atomic E-state index is 12.3. The van der Waals surface area contributed by atoms with E-state index < -0.39 is 17.9 Å². The first-order valence-corrected chi connectivity index (χ1v) is 6.43. The lowest BCUT2D eigenvalue weighted by atomic mass is 10.1. The molecule has 21 heavy (non-hydrogen) atoms. The largest absolute Gasteiger partial charge is 0.467 e. The number of carbonyl (C=O) groups is 2. The molecule has 1 N–H and O–H groups in total. The Morgan fingerprint density at radius 1 is 1.29 bits per heavy atom. The van der Waals surface area contributed by atoms with Gasteiger partial charge in [0, 0.05) is 18.5 Å². The highest BCUT2D eigenvalue weighted by Crippen LogP contribution is 2.16. The molecule has 0 aliphatic carbocycles. The van der Waals surface area contributed by atoms with Gasteiger partial charge in [-0.3, -0.25) is 9.59 Å². The van der Waals surface area contributed by atoms with Gasteiger partial charge < -0.3 is 14.6 Å². The third-order valence-corrected chi connectivity index (χ3v) is 3.30. The van der Waals surface area contributed by atoms with Crippen LogP contribution >= 0.6 is 0 Å². The van der Waals surface area contributed by atoms with E-state index in [0.29, 0.717) is 10.9 Å². The second-order valence-corrected chi connectivity index (χ2v) is 4.69. The van der Waals surface area contributed by atoms with Crippen molar-refractivity contribution < 1.29 is 14.3 Å². The van der Waals surface area contributed by atoms with Gasteiger partial charge in [-0.2, -0.15) is 0 Å². The molecule has 0 fully saturated rings. The van der Waals surface area contributed by atoms with Crippen LogP contribution in [0.2, 0.25) is 0 Å². The number of amides is 1. The molecule has 0 unspecified atom stereocenters. The molecule has 6 nitrogen and oxygen atoms in total. The monoisotopic (exact) mass is 288 g/mol. The van der Waals surface area contributed by atoms with Crippen molar-refractivity contribution in [1.29, 1.82) is 0 Å². The number of fused-ring (bicyclic) bond motifs is 1. The molecule has 6 heteroatoms. The summed E-state index contributed by atoms with van der Waals surface area (Å²) in [6, 6.07) is 7.57. The molecule has 0 saturated heterocycles. The number of carbonyl (C=O) groups excluding carboxylic acids is 2. The quantitative estimate of drug-likeness (QED) is 0.849. The van der Waals surface area contributed by atoms with Gasteiger partial charge in [0.15, 0.2) is 0 Å². The highest BCUT2D eigenvalue weighted by atomic mass is 16.5. The first-order valence-electron chi connectivity index (χ1n) is 6.43. The number of ether oxygens (including phenoxy) is 1. The van der Waals surface area contributed by atoms with Crippen molar-refractivity contribution in [3.63, 3.8) is 0 Å². The Morgan fingerprint density at radius 2 is 1.95 bits per heavy atom. The molecular formula is C15H16N2O4. The van der Waals surface area contributed by atoms with Gasteiger partial charge in [0.2, 0.25) is 0 Å².